The minimum atomic E-state index is -0.450. The summed E-state index contributed by atoms with van der Waals surface area (Å²) in [6.45, 7) is 3.78. The number of hydrogen-bond acceptors (Lipinski definition) is 4. The highest BCUT2D eigenvalue weighted by molar-refractivity contribution is 5.90. The fraction of sp³-hybridized carbons (Fsp3) is 0.167. The van der Waals surface area contributed by atoms with Crippen LogP contribution in [0.2, 0.25) is 0 Å². The molecule has 5 nitrogen and oxygen atoms in total. The van der Waals surface area contributed by atoms with E-state index in [-0.39, 0.29) is 23.6 Å². The summed E-state index contributed by atoms with van der Waals surface area (Å²) in [7, 11) is 0. The maximum atomic E-state index is 12.9. The average molecular weight is 325 g/mol. The Morgan fingerprint density at radius 3 is 2.46 bits per heavy atom. The minimum absolute atomic E-state index is 0.0421. The molecular formula is C18H16FN3O2. The summed E-state index contributed by atoms with van der Waals surface area (Å²) in [4.78, 5) is 16.3. The van der Waals surface area contributed by atoms with Crippen molar-refractivity contribution < 1.29 is 13.7 Å². The van der Waals surface area contributed by atoms with Crippen LogP contribution in [0.3, 0.4) is 0 Å². The SMILES string of the molecule is Cc1ccc(-c2nc(C(=O)N[C@@H](C)c3ccc(F)cc3)no2)cc1. The summed E-state index contributed by atoms with van der Waals surface area (Å²) < 4.78 is 18.1. The van der Waals surface area contributed by atoms with Crippen molar-refractivity contribution in [2.75, 3.05) is 0 Å². The summed E-state index contributed by atoms with van der Waals surface area (Å²) in [5, 5.41) is 6.48. The van der Waals surface area contributed by atoms with E-state index >= 15 is 0 Å². The van der Waals surface area contributed by atoms with Gasteiger partial charge in [0.25, 0.3) is 17.6 Å². The standard InChI is InChI=1S/C18H16FN3O2/c1-11-3-5-14(6-4-11)18-21-16(22-24-18)17(23)20-12(2)13-7-9-15(19)10-8-13/h3-10,12H,1-2H3,(H,20,23)/t12-/m0/s1. The molecule has 0 fully saturated rings. The predicted molar refractivity (Wildman–Crippen MR) is 86.8 cm³/mol. The van der Waals surface area contributed by atoms with Crippen LogP contribution in [0.4, 0.5) is 4.39 Å². The Morgan fingerprint density at radius 2 is 1.79 bits per heavy atom. The molecule has 1 atom stereocenters. The van der Waals surface area contributed by atoms with Gasteiger partial charge in [0.15, 0.2) is 0 Å². The molecule has 0 aliphatic heterocycles. The summed E-state index contributed by atoms with van der Waals surface area (Å²) >= 11 is 0. The first-order chi connectivity index (χ1) is 11.5. The van der Waals surface area contributed by atoms with Gasteiger partial charge in [0.05, 0.1) is 6.04 Å². The van der Waals surface area contributed by atoms with E-state index in [1.165, 1.54) is 12.1 Å². The van der Waals surface area contributed by atoms with Gasteiger partial charge < -0.3 is 9.84 Å². The lowest BCUT2D eigenvalue weighted by Crippen LogP contribution is -2.27. The van der Waals surface area contributed by atoms with Crippen LogP contribution in [-0.2, 0) is 0 Å². The second-order valence-corrected chi connectivity index (χ2v) is 5.54. The number of halogens is 1. The van der Waals surface area contributed by atoms with Crippen molar-refractivity contribution in [1.29, 1.82) is 0 Å². The van der Waals surface area contributed by atoms with E-state index in [4.69, 9.17) is 4.52 Å². The number of aryl methyl sites for hydroxylation is 1. The first-order valence-corrected chi connectivity index (χ1v) is 7.50. The largest absolute Gasteiger partial charge is 0.343 e. The van der Waals surface area contributed by atoms with E-state index in [1.54, 1.807) is 19.1 Å². The zero-order chi connectivity index (χ0) is 17.1. The highest BCUT2D eigenvalue weighted by Crippen LogP contribution is 2.18. The Bertz CT molecular complexity index is 841. The topological polar surface area (TPSA) is 68.0 Å². The highest BCUT2D eigenvalue weighted by Gasteiger charge is 2.18. The molecule has 0 aliphatic rings. The number of nitrogens with zero attached hydrogens (tertiary/aromatic N) is 2. The second kappa shape index (κ2) is 6.62. The van der Waals surface area contributed by atoms with Crippen molar-refractivity contribution in [3.8, 4) is 11.5 Å². The van der Waals surface area contributed by atoms with Gasteiger partial charge in [-0.05, 0) is 43.7 Å². The normalized spacial score (nSPS) is 12.0. The van der Waals surface area contributed by atoms with Crippen molar-refractivity contribution in [1.82, 2.24) is 15.5 Å². The Labute approximate surface area is 138 Å². The number of rotatable bonds is 4. The van der Waals surface area contributed by atoms with Crippen LogP contribution in [-0.4, -0.2) is 16.0 Å². The molecule has 6 heteroatoms. The summed E-state index contributed by atoms with van der Waals surface area (Å²) in [6.07, 6.45) is 0. The van der Waals surface area contributed by atoms with Crippen LogP contribution in [0.1, 0.15) is 34.7 Å². The van der Waals surface area contributed by atoms with Crippen LogP contribution < -0.4 is 5.32 Å². The maximum Gasteiger partial charge on any atom is 0.293 e. The lowest BCUT2D eigenvalue weighted by atomic mass is 10.1. The second-order valence-electron chi connectivity index (χ2n) is 5.54. The summed E-state index contributed by atoms with van der Waals surface area (Å²) in [5.74, 6) is -0.527. The molecule has 1 amide bonds. The van der Waals surface area contributed by atoms with Crippen LogP contribution >= 0.6 is 0 Å². The third-order valence-corrected chi connectivity index (χ3v) is 3.65. The van der Waals surface area contributed by atoms with Crippen molar-refractivity contribution in [2.24, 2.45) is 0 Å². The van der Waals surface area contributed by atoms with Gasteiger partial charge in [0.2, 0.25) is 0 Å². The number of amides is 1. The van der Waals surface area contributed by atoms with Gasteiger partial charge in [0.1, 0.15) is 5.82 Å². The van der Waals surface area contributed by atoms with Gasteiger partial charge in [-0.25, -0.2) is 4.39 Å². The van der Waals surface area contributed by atoms with Crippen molar-refractivity contribution in [2.45, 2.75) is 19.9 Å². The van der Waals surface area contributed by atoms with Crippen LogP contribution in [0.15, 0.2) is 53.1 Å². The van der Waals surface area contributed by atoms with Crippen LogP contribution in [0, 0.1) is 12.7 Å². The predicted octanol–water partition coefficient (Wildman–Crippen LogP) is 3.68. The lowest BCUT2D eigenvalue weighted by Gasteiger charge is -2.12. The molecule has 0 bridgehead atoms. The molecule has 0 aliphatic carbocycles. The van der Waals surface area contributed by atoms with Crippen LogP contribution in [0.25, 0.3) is 11.5 Å². The molecule has 122 valence electrons. The summed E-state index contributed by atoms with van der Waals surface area (Å²) in [5.41, 5.74) is 2.65. The smallest absolute Gasteiger partial charge is 0.293 e. The molecule has 1 N–H and O–H groups in total. The zero-order valence-corrected chi connectivity index (χ0v) is 13.3. The van der Waals surface area contributed by atoms with Gasteiger partial charge in [-0.1, -0.05) is 35.0 Å². The Kier molecular flexibility index (Phi) is 4.37. The number of hydrogen-bond donors (Lipinski definition) is 1. The van der Waals surface area contributed by atoms with E-state index in [0.717, 1.165) is 16.7 Å². The number of nitrogens with one attached hydrogen (secondary N) is 1. The number of carbonyl (C=O) groups is 1. The molecule has 3 aromatic rings. The number of benzene rings is 2. The first-order valence-electron chi connectivity index (χ1n) is 7.50. The highest BCUT2D eigenvalue weighted by atomic mass is 19.1. The molecule has 1 heterocycles. The Hall–Kier alpha value is -3.02. The zero-order valence-electron chi connectivity index (χ0n) is 13.3. The first kappa shape index (κ1) is 15.9. The molecule has 3 rings (SSSR count). The third-order valence-electron chi connectivity index (χ3n) is 3.65. The average Bonchev–Trinajstić information content (AvgIpc) is 3.06. The van der Waals surface area contributed by atoms with Crippen molar-refractivity contribution in [3.05, 3.63) is 71.3 Å². The van der Waals surface area contributed by atoms with E-state index in [2.05, 4.69) is 15.5 Å². The van der Waals surface area contributed by atoms with E-state index in [9.17, 15) is 9.18 Å². The third kappa shape index (κ3) is 3.48. The van der Waals surface area contributed by atoms with Gasteiger partial charge in [-0.15, -0.1) is 0 Å². The Balaban J connectivity index is 1.71. The molecule has 0 unspecified atom stereocenters. The summed E-state index contributed by atoms with van der Waals surface area (Å²) in [6, 6.07) is 13.2. The van der Waals surface area contributed by atoms with Gasteiger partial charge in [0, 0.05) is 5.56 Å². The van der Waals surface area contributed by atoms with Crippen molar-refractivity contribution in [3.63, 3.8) is 0 Å². The fourth-order valence-electron chi connectivity index (χ4n) is 2.23. The van der Waals surface area contributed by atoms with Crippen molar-refractivity contribution >= 4 is 5.91 Å². The molecule has 0 radical (unpaired) electrons. The van der Waals surface area contributed by atoms with Gasteiger partial charge in [-0.3, -0.25) is 4.79 Å². The van der Waals surface area contributed by atoms with E-state index in [0.29, 0.717) is 0 Å². The molecule has 0 saturated carbocycles. The van der Waals surface area contributed by atoms with E-state index in [1.807, 2.05) is 31.2 Å². The quantitative estimate of drug-likeness (QED) is 0.794. The molecule has 1 aromatic heterocycles. The monoisotopic (exact) mass is 325 g/mol. The Morgan fingerprint density at radius 1 is 1.12 bits per heavy atom. The maximum absolute atomic E-state index is 12.9. The van der Waals surface area contributed by atoms with E-state index < -0.39 is 5.91 Å². The molecule has 0 saturated heterocycles. The molecular weight excluding hydrogens is 309 g/mol. The molecule has 2 aromatic carbocycles. The van der Waals surface area contributed by atoms with Crippen LogP contribution in [0.5, 0.6) is 0 Å². The van der Waals surface area contributed by atoms with Gasteiger partial charge >= 0.3 is 0 Å². The fourth-order valence-corrected chi connectivity index (χ4v) is 2.23. The molecule has 0 spiro atoms. The molecule has 24 heavy (non-hydrogen) atoms. The lowest BCUT2D eigenvalue weighted by molar-refractivity contribution is 0.0926. The minimum Gasteiger partial charge on any atom is -0.343 e. The number of aromatic nitrogens is 2. The number of carbonyl (C=O) groups excluding carboxylic acids is 1. The van der Waals surface area contributed by atoms with Gasteiger partial charge in [-0.2, -0.15) is 4.98 Å².